The number of methoxy groups -OCH3 is 1. The molecule has 0 saturated heterocycles. The number of aromatic nitrogens is 2. The molecule has 0 aliphatic carbocycles. The van der Waals surface area contributed by atoms with Crippen LogP contribution in [0.25, 0.3) is 11.3 Å². The van der Waals surface area contributed by atoms with E-state index in [1.54, 1.807) is 12.4 Å². The summed E-state index contributed by atoms with van der Waals surface area (Å²) >= 11 is 0. The van der Waals surface area contributed by atoms with Crippen LogP contribution in [0.2, 0.25) is 0 Å². The van der Waals surface area contributed by atoms with Crippen molar-refractivity contribution in [1.29, 1.82) is 0 Å². The van der Waals surface area contributed by atoms with Gasteiger partial charge in [-0.05, 0) is 13.0 Å². The first-order valence-electron chi connectivity index (χ1n) is 5.35. The zero-order valence-corrected chi connectivity index (χ0v) is 10.4. The van der Waals surface area contributed by atoms with Crippen molar-refractivity contribution in [3.63, 3.8) is 0 Å². The fourth-order valence-electron chi connectivity index (χ4n) is 1.92. The van der Waals surface area contributed by atoms with Crippen LogP contribution in [0.4, 0.5) is 5.69 Å². The molecular weight excluding hydrogens is 234 g/mol. The Bertz CT molecular complexity index is 585. The average molecular weight is 247 g/mol. The summed E-state index contributed by atoms with van der Waals surface area (Å²) in [5.74, 6) is 0.468. The maximum atomic E-state index is 10.7. The largest absolute Gasteiger partial charge is 0.496 e. The third-order valence-corrected chi connectivity index (χ3v) is 2.77. The molecule has 0 bridgehead atoms. The van der Waals surface area contributed by atoms with Crippen LogP contribution in [0, 0.1) is 17.0 Å². The Morgan fingerprint density at radius 2 is 2.17 bits per heavy atom. The number of non-ortho nitro benzene ring substituents is 1. The number of rotatable bonds is 3. The SMILES string of the molecule is COc1cc([N+](=O)[O-])ccc1-c1c(C)ncn1C. The number of imidazole rings is 1. The highest BCUT2D eigenvalue weighted by molar-refractivity contribution is 5.71. The van der Waals surface area contributed by atoms with Crippen LogP contribution in [0.15, 0.2) is 24.5 Å². The van der Waals surface area contributed by atoms with Crippen LogP contribution in [0.5, 0.6) is 5.75 Å². The Morgan fingerprint density at radius 3 is 2.67 bits per heavy atom. The summed E-state index contributed by atoms with van der Waals surface area (Å²) in [6.45, 7) is 1.89. The Labute approximate surface area is 104 Å². The van der Waals surface area contributed by atoms with Crippen molar-refractivity contribution in [3.8, 4) is 17.0 Å². The van der Waals surface area contributed by atoms with Gasteiger partial charge in [0.25, 0.3) is 5.69 Å². The first kappa shape index (κ1) is 12.1. The lowest BCUT2D eigenvalue weighted by Gasteiger charge is -2.09. The summed E-state index contributed by atoms with van der Waals surface area (Å²) < 4.78 is 7.08. The van der Waals surface area contributed by atoms with Crippen molar-refractivity contribution in [1.82, 2.24) is 9.55 Å². The monoisotopic (exact) mass is 247 g/mol. The van der Waals surface area contributed by atoms with E-state index in [4.69, 9.17) is 4.74 Å². The Kier molecular flexibility index (Phi) is 3.01. The number of nitrogens with zero attached hydrogens (tertiary/aromatic N) is 3. The van der Waals surface area contributed by atoms with Gasteiger partial charge in [-0.15, -0.1) is 0 Å². The van der Waals surface area contributed by atoms with Gasteiger partial charge in [0, 0.05) is 18.7 Å². The molecule has 0 saturated carbocycles. The van der Waals surface area contributed by atoms with Crippen molar-refractivity contribution in [2.75, 3.05) is 7.11 Å². The highest BCUT2D eigenvalue weighted by atomic mass is 16.6. The van der Waals surface area contributed by atoms with E-state index in [-0.39, 0.29) is 5.69 Å². The van der Waals surface area contributed by atoms with Crippen molar-refractivity contribution in [2.24, 2.45) is 7.05 Å². The molecule has 0 unspecified atom stereocenters. The second-order valence-electron chi connectivity index (χ2n) is 3.93. The minimum atomic E-state index is -0.442. The first-order chi connectivity index (χ1) is 8.54. The smallest absolute Gasteiger partial charge is 0.273 e. The van der Waals surface area contributed by atoms with Crippen LogP contribution >= 0.6 is 0 Å². The fourth-order valence-corrected chi connectivity index (χ4v) is 1.92. The number of ether oxygens (including phenoxy) is 1. The molecule has 2 rings (SSSR count). The maximum Gasteiger partial charge on any atom is 0.273 e. The standard InChI is InChI=1S/C12H13N3O3/c1-8-12(14(2)7-13-8)10-5-4-9(15(16)17)6-11(10)18-3/h4-7H,1-3H3. The van der Waals surface area contributed by atoms with E-state index in [1.807, 2.05) is 18.5 Å². The molecular formula is C12H13N3O3. The maximum absolute atomic E-state index is 10.7. The minimum Gasteiger partial charge on any atom is -0.496 e. The van der Waals surface area contributed by atoms with E-state index in [2.05, 4.69) is 4.98 Å². The van der Waals surface area contributed by atoms with E-state index in [1.165, 1.54) is 19.2 Å². The van der Waals surface area contributed by atoms with Crippen molar-refractivity contribution < 1.29 is 9.66 Å². The van der Waals surface area contributed by atoms with Crippen molar-refractivity contribution in [2.45, 2.75) is 6.92 Å². The van der Waals surface area contributed by atoms with Crippen LogP contribution < -0.4 is 4.74 Å². The van der Waals surface area contributed by atoms with Gasteiger partial charge in [-0.3, -0.25) is 10.1 Å². The Balaban J connectivity index is 2.62. The summed E-state index contributed by atoms with van der Waals surface area (Å²) in [6, 6.07) is 4.56. The van der Waals surface area contributed by atoms with E-state index in [0.29, 0.717) is 5.75 Å². The van der Waals surface area contributed by atoms with Gasteiger partial charge >= 0.3 is 0 Å². The zero-order chi connectivity index (χ0) is 13.3. The Hall–Kier alpha value is -2.37. The van der Waals surface area contributed by atoms with Gasteiger partial charge in [0.2, 0.25) is 0 Å². The molecule has 0 N–H and O–H groups in total. The predicted octanol–water partition coefficient (Wildman–Crippen LogP) is 2.31. The van der Waals surface area contributed by atoms with Gasteiger partial charge in [0.05, 0.1) is 35.8 Å². The molecule has 0 aliphatic rings. The zero-order valence-electron chi connectivity index (χ0n) is 10.4. The summed E-state index contributed by atoms with van der Waals surface area (Å²) in [7, 11) is 3.37. The summed E-state index contributed by atoms with van der Waals surface area (Å²) in [4.78, 5) is 14.5. The van der Waals surface area contributed by atoms with Crippen LogP contribution in [0.3, 0.4) is 0 Å². The van der Waals surface area contributed by atoms with Gasteiger partial charge in [0.1, 0.15) is 5.75 Å². The number of aryl methyl sites for hydroxylation is 2. The van der Waals surface area contributed by atoms with Gasteiger partial charge in [-0.2, -0.15) is 0 Å². The molecule has 1 heterocycles. The number of nitro groups is 1. The summed E-state index contributed by atoms with van der Waals surface area (Å²) in [6.07, 6.45) is 1.70. The lowest BCUT2D eigenvalue weighted by Crippen LogP contribution is -1.96. The van der Waals surface area contributed by atoms with E-state index >= 15 is 0 Å². The molecule has 6 nitrogen and oxygen atoms in total. The molecule has 0 fully saturated rings. The normalized spacial score (nSPS) is 10.4. The molecule has 18 heavy (non-hydrogen) atoms. The molecule has 0 atom stereocenters. The Morgan fingerprint density at radius 1 is 1.44 bits per heavy atom. The third kappa shape index (κ3) is 1.92. The molecule has 0 spiro atoms. The van der Waals surface area contributed by atoms with Crippen molar-refractivity contribution in [3.05, 3.63) is 40.3 Å². The second-order valence-corrected chi connectivity index (χ2v) is 3.93. The fraction of sp³-hybridized carbons (Fsp3) is 0.250. The van der Waals surface area contributed by atoms with Gasteiger partial charge in [-0.1, -0.05) is 0 Å². The number of benzene rings is 1. The quantitative estimate of drug-likeness (QED) is 0.616. The number of nitro benzene ring substituents is 1. The average Bonchev–Trinajstić information content (AvgIpc) is 2.68. The van der Waals surface area contributed by atoms with Crippen LogP contribution in [0.1, 0.15) is 5.69 Å². The second kappa shape index (κ2) is 4.48. The highest BCUT2D eigenvalue weighted by Gasteiger charge is 2.16. The molecule has 0 radical (unpaired) electrons. The topological polar surface area (TPSA) is 70.2 Å². The van der Waals surface area contributed by atoms with E-state index in [0.717, 1.165) is 17.0 Å². The lowest BCUT2D eigenvalue weighted by molar-refractivity contribution is -0.384. The van der Waals surface area contributed by atoms with Crippen molar-refractivity contribution >= 4 is 5.69 Å². The predicted molar refractivity (Wildman–Crippen MR) is 66.6 cm³/mol. The highest BCUT2D eigenvalue weighted by Crippen LogP contribution is 2.34. The van der Waals surface area contributed by atoms with Crippen LogP contribution in [-0.4, -0.2) is 21.6 Å². The lowest BCUT2D eigenvalue weighted by atomic mass is 10.1. The summed E-state index contributed by atoms with van der Waals surface area (Å²) in [5, 5.41) is 10.7. The number of hydrogen-bond donors (Lipinski definition) is 0. The van der Waals surface area contributed by atoms with Gasteiger partial charge in [-0.25, -0.2) is 4.98 Å². The third-order valence-electron chi connectivity index (χ3n) is 2.77. The summed E-state index contributed by atoms with van der Waals surface area (Å²) in [5.41, 5.74) is 2.54. The minimum absolute atomic E-state index is 0.00965. The van der Waals surface area contributed by atoms with Crippen LogP contribution in [-0.2, 0) is 7.05 Å². The molecule has 0 amide bonds. The molecule has 1 aromatic carbocycles. The number of hydrogen-bond acceptors (Lipinski definition) is 4. The van der Waals surface area contributed by atoms with Gasteiger partial charge in [0.15, 0.2) is 0 Å². The molecule has 0 aliphatic heterocycles. The first-order valence-corrected chi connectivity index (χ1v) is 5.35. The van der Waals surface area contributed by atoms with E-state index < -0.39 is 4.92 Å². The molecule has 1 aromatic heterocycles. The molecule has 94 valence electrons. The van der Waals surface area contributed by atoms with E-state index in [9.17, 15) is 10.1 Å². The molecule has 6 heteroatoms. The molecule has 2 aromatic rings. The van der Waals surface area contributed by atoms with Gasteiger partial charge < -0.3 is 9.30 Å².